The molecular formula is C18H11Cl2F3N4O4. The van der Waals surface area contributed by atoms with Crippen LogP contribution in [0.5, 0.6) is 5.75 Å². The fourth-order valence-electron chi connectivity index (χ4n) is 2.61. The predicted octanol–water partition coefficient (Wildman–Crippen LogP) is 5.39. The van der Waals surface area contributed by atoms with E-state index in [4.69, 9.17) is 27.9 Å². The molecule has 0 aliphatic rings. The Labute approximate surface area is 182 Å². The first-order valence-corrected chi connectivity index (χ1v) is 9.12. The largest absolute Gasteiger partial charge is 0.437 e. The van der Waals surface area contributed by atoms with Crippen molar-refractivity contribution in [3.63, 3.8) is 0 Å². The molecule has 13 heteroatoms. The van der Waals surface area contributed by atoms with Crippen LogP contribution in [-0.4, -0.2) is 20.8 Å². The summed E-state index contributed by atoms with van der Waals surface area (Å²) in [6, 6.07) is 9.25. The van der Waals surface area contributed by atoms with Crippen LogP contribution < -0.4 is 10.1 Å². The molecule has 1 heterocycles. The maximum Gasteiger partial charge on any atom is 0.437 e. The highest BCUT2D eigenvalue weighted by molar-refractivity contribution is 6.42. The number of ether oxygens (including phenoxy) is 1. The molecule has 1 amide bonds. The number of halogens is 5. The minimum atomic E-state index is -5.03. The molecule has 0 spiro atoms. The number of benzene rings is 2. The number of hydrogen-bond donors (Lipinski definition) is 1. The average Bonchev–Trinajstić information content (AvgIpc) is 3.12. The van der Waals surface area contributed by atoms with Crippen LogP contribution in [0.3, 0.4) is 0 Å². The number of hydrogen-bond acceptors (Lipinski definition) is 5. The first-order chi connectivity index (χ1) is 14.6. The molecular weight excluding hydrogens is 464 g/mol. The van der Waals surface area contributed by atoms with Gasteiger partial charge in [0, 0.05) is 12.6 Å². The third kappa shape index (κ3) is 5.06. The normalized spacial score (nSPS) is 11.3. The number of rotatable bonds is 5. The summed E-state index contributed by atoms with van der Waals surface area (Å²) < 4.78 is 46.1. The number of nitro groups is 1. The number of carbonyl (C=O) groups excluding carboxylic acids is 1. The van der Waals surface area contributed by atoms with E-state index in [0.717, 1.165) is 12.1 Å². The Morgan fingerprint density at radius 3 is 2.55 bits per heavy atom. The molecule has 2 aromatic carbocycles. The zero-order chi connectivity index (χ0) is 22.8. The molecule has 0 unspecified atom stereocenters. The smallest absolute Gasteiger partial charge is 0.406 e. The lowest BCUT2D eigenvalue weighted by atomic mass is 10.2. The summed E-state index contributed by atoms with van der Waals surface area (Å²) in [5, 5.41) is 17.5. The molecule has 0 atom stereocenters. The fourth-order valence-corrected chi connectivity index (χ4v) is 2.93. The number of para-hydroxylation sites is 2. The van der Waals surface area contributed by atoms with Crippen LogP contribution in [-0.2, 0) is 12.7 Å². The number of nitrogens with zero attached hydrogens (tertiary/aromatic N) is 3. The highest BCUT2D eigenvalue weighted by Crippen LogP contribution is 2.39. The van der Waals surface area contributed by atoms with Gasteiger partial charge in [0.1, 0.15) is 5.69 Å². The van der Waals surface area contributed by atoms with E-state index >= 15 is 0 Å². The molecule has 8 nitrogen and oxygen atoms in total. The maximum atomic E-state index is 13.7. The second-order valence-corrected chi connectivity index (χ2v) is 6.82. The summed E-state index contributed by atoms with van der Waals surface area (Å²) in [6.45, 7) is -0.102. The summed E-state index contributed by atoms with van der Waals surface area (Å²) in [5.41, 5.74) is -2.00. The van der Waals surface area contributed by atoms with Crippen LogP contribution >= 0.6 is 23.2 Å². The van der Waals surface area contributed by atoms with E-state index < -0.39 is 40.0 Å². The Bertz CT molecular complexity index is 1150. The van der Waals surface area contributed by atoms with Crippen LogP contribution in [0.25, 0.3) is 5.69 Å². The van der Waals surface area contributed by atoms with Crippen LogP contribution in [0.1, 0.15) is 11.3 Å². The summed E-state index contributed by atoms with van der Waals surface area (Å²) in [5.74, 6) is -0.919. The minimum absolute atomic E-state index is 0.102. The molecule has 3 rings (SSSR count). The van der Waals surface area contributed by atoms with Gasteiger partial charge in [-0.15, -0.1) is 0 Å². The van der Waals surface area contributed by atoms with Crippen molar-refractivity contribution in [3.8, 4) is 11.4 Å². The summed E-state index contributed by atoms with van der Waals surface area (Å²) in [4.78, 5) is 22.4. The van der Waals surface area contributed by atoms with Gasteiger partial charge in [0.05, 0.1) is 21.2 Å². The maximum absolute atomic E-state index is 13.7. The third-order valence-corrected chi connectivity index (χ3v) is 4.67. The number of carbonyl (C=O) groups is 1. The lowest BCUT2D eigenvalue weighted by Gasteiger charge is -2.13. The summed E-state index contributed by atoms with van der Waals surface area (Å²) >= 11 is 11.7. The third-order valence-electron chi connectivity index (χ3n) is 3.93. The van der Waals surface area contributed by atoms with Gasteiger partial charge in [0.15, 0.2) is 11.4 Å². The molecule has 0 radical (unpaired) electrons. The number of alkyl halides is 3. The zero-order valence-electron chi connectivity index (χ0n) is 15.2. The Hall–Kier alpha value is -3.31. The molecule has 0 saturated heterocycles. The van der Waals surface area contributed by atoms with Gasteiger partial charge in [0.2, 0.25) is 0 Å². The zero-order valence-corrected chi connectivity index (χ0v) is 16.7. The van der Waals surface area contributed by atoms with Crippen LogP contribution in [0.15, 0.2) is 48.7 Å². The fraction of sp³-hybridized carbons (Fsp3) is 0.111. The van der Waals surface area contributed by atoms with Gasteiger partial charge in [0.25, 0.3) is 5.69 Å². The molecule has 1 aromatic heterocycles. The quantitative estimate of drug-likeness (QED) is 0.394. The van der Waals surface area contributed by atoms with E-state index in [2.05, 4.69) is 10.4 Å². The Kier molecular flexibility index (Phi) is 6.37. The van der Waals surface area contributed by atoms with Gasteiger partial charge < -0.3 is 10.1 Å². The van der Waals surface area contributed by atoms with Crippen LogP contribution in [0, 0.1) is 10.1 Å². The second-order valence-electron chi connectivity index (χ2n) is 6.00. The Balaban J connectivity index is 1.86. The number of nitro benzene ring substituents is 1. The van der Waals surface area contributed by atoms with Gasteiger partial charge in [-0.05, 0) is 23.8 Å². The average molecular weight is 475 g/mol. The van der Waals surface area contributed by atoms with Gasteiger partial charge in [-0.2, -0.15) is 18.3 Å². The summed E-state index contributed by atoms with van der Waals surface area (Å²) in [6.07, 6.45) is -5.57. The predicted molar refractivity (Wildman–Crippen MR) is 105 cm³/mol. The van der Waals surface area contributed by atoms with E-state index in [1.807, 2.05) is 0 Å². The number of aromatic nitrogens is 2. The van der Waals surface area contributed by atoms with Crippen molar-refractivity contribution in [1.29, 1.82) is 0 Å². The highest BCUT2D eigenvalue weighted by atomic mass is 35.5. The van der Waals surface area contributed by atoms with E-state index in [1.54, 1.807) is 6.07 Å². The van der Waals surface area contributed by atoms with Gasteiger partial charge in [-0.3, -0.25) is 10.1 Å². The first-order valence-electron chi connectivity index (χ1n) is 8.36. The van der Waals surface area contributed by atoms with Crippen molar-refractivity contribution in [1.82, 2.24) is 15.1 Å². The molecule has 162 valence electrons. The molecule has 0 fully saturated rings. The van der Waals surface area contributed by atoms with Crippen LogP contribution in [0.4, 0.5) is 23.7 Å². The lowest BCUT2D eigenvalue weighted by molar-refractivity contribution is -0.384. The minimum Gasteiger partial charge on any atom is -0.406 e. The van der Waals surface area contributed by atoms with E-state index in [-0.39, 0.29) is 11.6 Å². The second kappa shape index (κ2) is 8.82. The number of nitrogens with one attached hydrogen (secondary N) is 1. The van der Waals surface area contributed by atoms with Gasteiger partial charge in [-0.1, -0.05) is 41.4 Å². The lowest BCUT2D eigenvalue weighted by Crippen LogP contribution is -2.27. The van der Waals surface area contributed by atoms with Crippen molar-refractivity contribution in [2.45, 2.75) is 12.7 Å². The Morgan fingerprint density at radius 2 is 1.90 bits per heavy atom. The molecule has 3 aromatic rings. The van der Waals surface area contributed by atoms with Crippen molar-refractivity contribution in [2.24, 2.45) is 0 Å². The molecule has 1 N–H and O–H groups in total. The SMILES string of the molecule is O=C(NCc1ccc(Cl)c(Cl)c1)Oc1cnn(-c2ccccc2[N+](=O)[O-])c1C(F)(F)F. The molecule has 0 aliphatic carbocycles. The van der Waals surface area contributed by atoms with E-state index in [9.17, 15) is 28.1 Å². The van der Waals surface area contributed by atoms with Crippen molar-refractivity contribution in [3.05, 3.63) is 80.1 Å². The molecule has 31 heavy (non-hydrogen) atoms. The molecule has 0 aliphatic heterocycles. The van der Waals surface area contributed by atoms with Gasteiger partial charge >= 0.3 is 12.3 Å². The molecule has 0 bridgehead atoms. The van der Waals surface area contributed by atoms with Crippen molar-refractivity contribution >= 4 is 35.0 Å². The monoisotopic (exact) mass is 474 g/mol. The first kappa shape index (κ1) is 22.4. The summed E-state index contributed by atoms with van der Waals surface area (Å²) in [7, 11) is 0. The standard InChI is InChI=1S/C18H11Cl2F3N4O4/c19-11-6-5-10(7-12(11)20)8-24-17(28)31-15-9-25-26(16(15)18(21,22)23)13-3-1-2-4-14(13)27(29)30/h1-7,9H,8H2,(H,24,28). The van der Waals surface area contributed by atoms with E-state index in [1.165, 1.54) is 24.3 Å². The number of amides is 1. The van der Waals surface area contributed by atoms with E-state index in [0.29, 0.717) is 21.5 Å². The topological polar surface area (TPSA) is 99.3 Å². The highest BCUT2D eigenvalue weighted by Gasteiger charge is 2.41. The van der Waals surface area contributed by atoms with Crippen LogP contribution in [0.2, 0.25) is 10.0 Å². The van der Waals surface area contributed by atoms with Gasteiger partial charge in [-0.25, -0.2) is 9.48 Å². The Morgan fingerprint density at radius 1 is 1.19 bits per heavy atom. The molecule has 0 saturated carbocycles. The van der Waals surface area contributed by atoms with Crippen molar-refractivity contribution < 1.29 is 27.6 Å². The van der Waals surface area contributed by atoms with Crippen molar-refractivity contribution in [2.75, 3.05) is 0 Å².